The molecule has 0 radical (unpaired) electrons. The molecule has 0 spiro atoms. The maximum Gasteiger partial charge on any atom is 0.317 e. The predicted molar refractivity (Wildman–Crippen MR) is 102 cm³/mol. The minimum atomic E-state index is -0.0758. The van der Waals surface area contributed by atoms with E-state index in [0.717, 1.165) is 37.6 Å². The van der Waals surface area contributed by atoms with Crippen LogP contribution in [-0.2, 0) is 11.3 Å². The van der Waals surface area contributed by atoms with Crippen LogP contribution in [-0.4, -0.2) is 75.4 Å². The molecular formula is C19H32N4O2. The lowest BCUT2D eigenvalue weighted by Gasteiger charge is -2.41. The van der Waals surface area contributed by atoms with Gasteiger partial charge in [0.05, 0.1) is 13.2 Å². The molecule has 0 saturated carbocycles. The zero-order valence-corrected chi connectivity index (χ0v) is 16.2. The fraction of sp³-hybridized carbons (Fsp3) is 0.632. The van der Waals surface area contributed by atoms with Gasteiger partial charge in [-0.3, -0.25) is 4.90 Å². The smallest absolute Gasteiger partial charge is 0.317 e. The molecule has 1 aromatic rings. The van der Waals surface area contributed by atoms with E-state index in [-0.39, 0.29) is 11.6 Å². The summed E-state index contributed by atoms with van der Waals surface area (Å²) in [4.78, 5) is 18.6. The Morgan fingerprint density at radius 2 is 1.76 bits per heavy atom. The number of amides is 2. The van der Waals surface area contributed by atoms with Crippen LogP contribution in [0.1, 0.15) is 19.4 Å². The summed E-state index contributed by atoms with van der Waals surface area (Å²) in [6, 6.07) is 8.23. The highest BCUT2D eigenvalue weighted by Gasteiger charge is 2.28. The van der Waals surface area contributed by atoms with E-state index in [4.69, 9.17) is 4.74 Å². The second kappa shape index (κ2) is 8.54. The van der Waals surface area contributed by atoms with Gasteiger partial charge in [-0.2, -0.15) is 0 Å². The van der Waals surface area contributed by atoms with Crippen molar-refractivity contribution in [2.75, 3.05) is 58.9 Å². The SMILES string of the molecule is CN(Cc1ccc(N(C)C)cc1)C(=O)NCC(C)(C)N1CCOCC1. The van der Waals surface area contributed by atoms with E-state index in [2.05, 4.69) is 53.2 Å². The molecule has 1 N–H and O–H groups in total. The largest absolute Gasteiger partial charge is 0.379 e. The molecule has 0 atom stereocenters. The van der Waals surface area contributed by atoms with Gasteiger partial charge in [0, 0.05) is 58.5 Å². The number of nitrogens with zero attached hydrogens (tertiary/aromatic N) is 3. The molecule has 2 amide bonds. The van der Waals surface area contributed by atoms with Gasteiger partial charge < -0.3 is 19.9 Å². The van der Waals surface area contributed by atoms with Crippen LogP contribution < -0.4 is 10.2 Å². The highest BCUT2D eigenvalue weighted by Crippen LogP contribution is 2.16. The van der Waals surface area contributed by atoms with Crippen LogP contribution in [0.3, 0.4) is 0 Å². The maximum atomic E-state index is 12.4. The number of urea groups is 1. The minimum absolute atomic E-state index is 0.0435. The molecule has 6 heteroatoms. The second-order valence-corrected chi connectivity index (χ2v) is 7.49. The summed E-state index contributed by atoms with van der Waals surface area (Å²) in [5.74, 6) is 0. The van der Waals surface area contributed by atoms with Gasteiger partial charge in [0.1, 0.15) is 0 Å². The maximum absolute atomic E-state index is 12.4. The number of hydrogen-bond donors (Lipinski definition) is 1. The Balaban J connectivity index is 1.83. The van der Waals surface area contributed by atoms with Gasteiger partial charge in [-0.1, -0.05) is 12.1 Å². The lowest BCUT2D eigenvalue weighted by Crippen LogP contribution is -2.56. The molecule has 1 aromatic carbocycles. The number of nitrogens with one attached hydrogen (secondary N) is 1. The molecule has 1 saturated heterocycles. The molecule has 0 aliphatic carbocycles. The molecule has 0 bridgehead atoms. The Hall–Kier alpha value is -1.79. The zero-order chi connectivity index (χ0) is 18.4. The zero-order valence-electron chi connectivity index (χ0n) is 16.2. The first kappa shape index (κ1) is 19.5. The quantitative estimate of drug-likeness (QED) is 0.854. The Morgan fingerprint density at radius 1 is 1.16 bits per heavy atom. The number of ether oxygens (including phenoxy) is 1. The van der Waals surface area contributed by atoms with E-state index >= 15 is 0 Å². The first-order valence-electron chi connectivity index (χ1n) is 8.87. The van der Waals surface area contributed by atoms with Crippen molar-refractivity contribution in [1.82, 2.24) is 15.1 Å². The van der Waals surface area contributed by atoms with Gasteiger partial charge in [0.2, 0.25) is 0 Å². The van der Waals surface area contributed by atoms with E-state index in [1.165, 1.54) is 0 Å². The summed E-state index contributed by atoms with van der Waals surface area (Å²) >= 11 is 0. The normalized spacial score (nSPS) is 15.7. The summed E-state index contributed by atoms with van der Waals surface area (Å²) in [5, 5.41) is 3.07. The molecule has 2 rings (SSSR count). The van der Waals surface area contributed by atoms with Gasteiger partial charge in [0.15, 0.2) is 0 Å². The van der Waals surface area contributed by atoms with Crippen LogP contribution in [0.4, 0.5) is 10.5 Å². The number of carbonyl (C=O) groups is 1. The average Bonchev–Trinajstić information content (AvgIpc) is 2.61. The topological polar surface area (TPSA) is 48.0 Å². The van der Waals surface area contributed by atoms with E-state index in [1.807, 2.05) is 21.1 Å². The van der Waals surface area contributed by atoms with Crippen molar-refractivity contribution in [3.05, 3.63) is 29.8 Å². The van der Waals surface area contributed by atoms with Crippen molar-refractivity contribution in [1.29, 1.82) is 0 Å². The Morgan fingerprint density at radius 3 is 2.32 bits per heavy atom. The Labute approximate surface area is 151 Å². The van der Waals surface area contributed by atoms with Crippen molar-refractivity contribution in [3.63, 3.8) is 0 Å². The molecular weight excluding hydrogens is 316 g/mol. The molecule has 0 aromatic heterocycles. The van der Waals surface area contributed by atoms with Gasteiger partial charge in [0.25, 0.3) is 0 Å². The lowest BCUT2D eigenvalue weighted by atomic mass is 10.0. The monoisotopic (exact) mass is 348 g/mol. The van der Waals surface area contributed by atoms with Gasteiger partial charge in [-0.05, 0) is 31.5 Å². The number of anilines is 1. The fourth-order valence-electron chi connectivity index (χ4n) is 2.95. The predicted octanol–water partition coefficient (Wildman–Crippen LogP) is 2.00. The highest BCUT2D eigenvalue weighted by molar-refractivity contribution is 5.74. The van der Waals surface area contributed by atoms with E-state index in [1.54, 1.807) is 4.90 Å². The van der Waals surface area contributed by atoms with Crippen molar-refractivity contribution < 1.29 is 9.53 Å². The first-order chi connectivity index (χ1) is 11.8. The highest BCUT2D eigenvalue weighted by atomic mass is 16.5. The number of carbonyl (C=O) groups excluding carboxylic acids is 1. The molecule has 25 heavy (non-hydrogen) atoms. The molecule has 1 aliphatic rings. The van der Waals surface area contributed by atoms with E-state index in [0.29, 0.717) is 13.1 Å². The lowest BCUT2D eigenvalue weighted by molar-refractivity contribution is -0.00900. The fourth-order valence-corrected chi connectivity index (χ4v) is 2.95. The van der Waals surface area contributed by atoms with Crippen LogP contribution in [0.15, 0.2) is 24.3 Å². The summed E-state index contributed by atoms with van der Waals surface area (Å²) in [6.07, 6.45) is 0. The van der Waals surface area contributed by atoms with Gasteiger partial charge >= 0.3 is 6.03 Å². The first-order valence-corrected chi connectivity index (χ1v) is 8.87. The number of rotatable bonds is 6. The van der Waals surface area contributed by atoms with Crippen LogP contribution in [0.2, 0.25) is 0 Å². The summed E-state index contributed by atoms with van der Waals surface area (Å²) in [6.45, 7) is 8.90. The summed E-state index contributed by atoms with van der Waals surface area (Å²) in [7, 11) is 5.87. The van der Waals surface area contributed by atoms with Crippen LogP contribution in [0, 0.1) is 0 Å². The molecule has 6 nitrogen and oxygen atoms in total. The molecule has 1 fully saturated rings. The molecule has 1 aliphatic heterocycles. The number of hydrogen-bond acceptors (Lipinski definition) is 4. The minimum Gasteiger partial charge on any atom is -0.379 e. The van der Waals surface area contributed by atoms with E-state index in [9.17, 15) is 4.79 Å². The van der Waals surface area contributed by atoms with Crippen molar-refractivity contribution >= 4 is 11.7 Å². The van der Waals surface area contributed by atoms with E-state index < -0.39 is 0 Å². The standard InChI is InChI=1S/C19H32N4O2/c1-19(2,23-10-12-25-13-11-23)15-20-18(24)22(5)14-16-6-8-17(9-7-16)21(3)4/h6-9H,10-15H2,1-5H3,(H,20,24). The number of morpholine rings is 1. The van der Waals surface area contributed by atoms with Crippen molar-refractivity contribution in [3.8, 4) is 0 Å². The average molecular weight is 348 g/mol. The van der Waals surface area contributed by atoms with Gasteiger partial charge in [-0.25, -0.2) is 4.79 Å². The third kappa shape index (κ3) is 5.61. The van der Waals surface area contributed by atoms with Gasteiger partial charge in [-0.15, -0.1) is 0 Å². The number of benzene rings is 1. The van der Waals surface area contributed by atoms with Crippen molar-refractivity contribution in [2.24, 2.45) is 0 Å². The van der Waals surface area contributed by atoms with Crippen LogP contribution in [0.25, 0.3) is 0 Å². The summed E-state index contributed by atoms with van der Waals surface area (Å²) < 4.78 is 5.41. The molecule has 1 heterocycles. The molecule has 0 unspecified atom stereocenters. The molecule has 140 valence electrons. The Bertz CT molecular complexity index is 551. The second-order valence-electron chi connectivity index (χ2n) is 7.49. The summed E-state index contributed by atoms with van der Waals surface area (Å²) in [5.41, 5.74) is 2.20. The van der Waals surface area contributed by atoms with Crippen molar-refractivity contribution in [2.45, 2.75) is 25.9 Å². The Kier molecular flexibility index (Phi) is 6.67. The third-order valence-electron chi connectivity index (χ3n) is 4.76. The van der Waals surface area contributed by atoms with Crippen LogP contribution in [0.5, 0.6) is 0 Å². The van der Waals surface area contributed by atoms with Crippen LogP contribution >= 0.6 is 0 Å². The third-order valence-corrected chi connectivity index (χ3v) is 4.76.